The molecule has 4 amide bonds. The molecule has 1 aromatic heterocycles. The number of fused-ring (bicyclic) bond motifs is 1. The van der Waals surface area contributed by atoms with Gasteiger partial charge in [-0.15, -0.1) is 0 Å². The van der Waals surface area contributed by atoms with E-state index in [0.29, 0.717) is 0 Å². The highest BCUT2D eigenvalue weighted by Crippen LogP contribution is 2.31. The number of amides is 4. The number of hydrogen-bond acceptors (Lipinski definition) is 4. The Hall–Kier alpha value is -3.16. The standard InChI is InChI=1S/C22H27N5O3/c1-22(2,3)14-7-9-15(10-8-14)27-18-6-4-5-17(16(18)11-23-27)24-19(28)12-26-13-20(29)25-21(26)30/h7-11,17H,4-6,12-13H2,1-3H3,(H,24,28)(H,25,29,30). The molecule has 0 radical (unpaired) electrons. The van der Waals surface area contributed by atoms with Gasteiger partial charge in [0.1, 0.15) is 13.1 Å². The fraction of sp³-hybridized carbons (Fsp3) is 0.455. The fourth-order valence-electron chi connectivity index (χ4n) is 4.06. The molecule has 8 heteroatoms. The molecule has 30 heavy (non-hydrogen) atoms. The van der Waals surface area contributed by atoms with E-state index >= 15 is 0 Å². The van der Waals surface area contributed by atoms with Crippen LogP contribution in [0.1, 0.15) is 56.5 Å². The highest BCUT2D eigenvalue weighted by Gasteiger charge is 2.30. The molecule has 0 saturated carbocycles. The summed E-state index contributed by atoms with van der Waals surface area (Å²) in [6.45, 7) is 6.35. The van der Waals surface area contributed by atoms with Crippen molar-refractivity contribution < 1.29 is 14.4 Å². The van der Waals surface area contributed by atoms with Crippen LogP contribution in [0.4, 0.5) is 4.79 Å². The summed E-state index contributed by atoms with van der Waals surface area (Å²) in [5.41, 5.74) is 4.47. The maximum atomic E-state index is 12.5. The van der Waals surface area contributed by atoms with Gasteiger partial charge in [-0.05, 0) is 42.4 Å². The van der Waals surface area contributed by atoms with Gasteiger partial charge in [-0.25, -0.2) is 9.48 Å². The van der Waals surface area contributed by atoms with Crippen molar-refractivity contribution >= 4 is 17.8 Å². The van der Waals surface area contributed by atoms with Gasteiger partial charge in [0.05, 0.1) is 17.9 Å². The predicted octanol–water partition coefficient (Wildman–Crippen LogP) is 2.22. The molecule has 0 spiro atoms. The average Bonchev–Trinajstić information content (AvgIpc) is 3.24. The van der Waals surface area contributed by atoms with Gasteiger partial charge in [-0.1, -0.05) is 32.9 Å². The number of nitrogens with one attached hydrogen (secondary N) is 2. The quantitative estimate of drug-likeness (QED) is 0.757. The summed E-state index contributed by atoms with van der Waals surface area (Å²) in [4.78, 5) is 36.6. The Morgan fingerprint density at radius 2 is 1.97 bits per heavy atom. The molecule has 2 aliphatic rings. The number of urea groups is 1. The van der Waals surface area contributed by atoms with E-state index in [0.717, 1.165) is 36.2 Å². The summed E-state index contributed by atoms with van der Waals surface area (Å²) in [5.74, 6) is -0.661. The van der Waals surface area contributed by atoms with E-state index in [1.807, 2.05) is 10.9 Å². The van der Waals surface area contributed by atoms with Crippen molar-refractivity contribution in [2.75, 3.05) is 13.1 Å². The van der Waals surface area contributed by atoms with E-state index in [4.69, 9.17) is 0 Å². The van der Waals surface area contributed by atoms with Gasteiger partial charge in [0.25, 0.3) is 0 Å². The molecule has 2 heterocycles. The summed E-state index contributed by atoms with van der Waals surface area (Å²) in [5, 5.41) is 9.78. The molecule has 4 rings (SSSR count). The molecule has 2 N–H and O–H groups in total. The third-order valence-electron chi connectivity index (χ3n) is 5.70. The molecular weight excluding hydrogens is 382 g/mol. The van der Waals surface area contributed by atoms with Crippen LogP contribution in [0.5, 0.6) is 0 Å². The smallest absolute Gasteiger partial charge is 0.325 e. The third kappa shape index (κ3) is 3.94. The van der Waals surface area contributed by atoms with E-state index in [1.54, 1.807) is 0 Å². The molecule has 1 unspecified atom stereocenters. The van der Waals surface area contributed by atoms with E-state index in [2.05, 4.69) is 60.8 Å². The number of imide groups is 1. The first-order valence-corrected chi connectivity index (χ1v) is 10.3. The SMILES string of the molecule is CC(C)(C)c1ccc(-n2ncc3c2CCCC3NC(=O)CN2CC(=O)NC2=O)cc1. The molecule has 1 atom stereocenters. The van der Waals surface area contributed by atoms with Crippen LogP contribution in [-0.2, 0) is 21.4 Å². The first kappa shape index (κ1) is 20.1. The lowest BCUT2D eigenvalue weighted by Gasteiger charge is -2.25. The van der Waals surface area contributed by atoms with Crippen molar-refractivity contribution in [1.82, 2.24) is 25.3 Å². The maximum Gasteiger partial charge on any atom is 0.325 e. The Balaban J connectivity index is 1.49. The van der Waals surface area contributed by atoms with Crippen LogP contribution in [0.3, 0.4) is 0 Å². The first-order valence-electron chi connectivity index (χ1n) is 10.3. The van der Waals surface area contributed by atoms with E-state index < -0.39 is 6.03 Å². The number of carbonyl (C=O) groups is 3. The number of nitrogens with zero attached hydrogens (tertiary/aromatic N) is 3. The number of rotatable bonds is 4. The van der Waals surface area contributed by atoms with Gasteiger partial charge in [0.2, 0.25) is 11.8 Å². The first-order chi connectivity index (χ1) is 14.2. The average molecular weight is 409 g/mol. The molecule has 1 saturated heterocycles. The van der Waals surface area contributed by atoms with E-state index in [9.17, 15) is 14.4 Å². The van der Waals surface area contributed by atoms with Crippen LogP contribution in [-0.4, -0.2) is 45.6 Å². The molecule has 2 aromatic rings. The highest BCUT2D eigenvalue weighted by molar-refractivity contribution is 6.03. The van der Waals surface area contributed by atoms with Crippen molar-refractivity contribution in [3.8, 4) is 5.69 Å². The number of carbonyl (C=O) groups excluding carboxylic acids is 3. The molecule has 1 aliphatic carbocycles. The van der Waals surface area contributed by atoms with Crippen LogP contribution in [0.15, 0.2) is 30.5 Å². The lowest BCUT2D eigenvalue weighted by atomic mass is 9.87. The topological polar surface area (TPSA) is 96.3 Å². The largest absolute Gasteiger partial charge is 0.348 e. The minimum Gasteiger partial charge on any atom is -0.348 e. The molecule has 1 aliphatic heterocycles. The van der Waals surface area contributed by atoms with Crippen molar-refractivity contribution in [1.29, 1.82) is 0 Å². The third-order valence-corrected chi connectivity index (χ3v) is 5.70. The van der Waals surface area contributed by atoms with Gasteiger partial charge in [0, 0.05) is 11.3 Å². The molecule has 0 bridgehead atoms. The normalized spacial score (nSPS) is 18.9. The second-order valence-corrected chi connectivity index (χ2v) is 8.98. The summed E-state index contributed by atoms with van der Waals surface area (Å²) in [6.07, 6.45) is 4.47. The molecule has 1 aromatic carbocycles. The lowest BCUT2D eigenvalue weighted by Crippen LogP contribution is -2.41. The van der Waals surface area contributed by atoms with Crippen LogP contribution < -0.4 is 10.6 Å². The number of hydrogen-bond donors (Lipinski definition) is 2. The molecule has 158 valence electrons. The molecule has 8 nitrogen and oxygen atoms in total. The van der Waals surface area contributed by atoms with Gasteiger partial charge >= 0.3 is 6.03 Å². The number of aromatic nitrogens is 2. The molecular formula is C22H27N5O3. The van der Waals surface area contributed by atoms with Crippen molar-refractivity contribution in [2.24, 2.45) is 0 Å². The van der Waals surface area contributed by atoms with Crippen LogP contribution in [0, 0.1) is 0 Å². The van der Waals surface area contributed by atoms with Crippen molar-refractivity contribution in [3.05, 3.63) is 47.3 Å². The highest BCUT2D eigenvalue weighted by atomic mass is 16.2. The summed E-state index contributed by atoms with van der Waals surface area (Å²) >= 11 is 0. The summed E-state index contributed by atoms with van der Waals surface area (Å²) < 4.78 is 1.95. The minimum absolute atomic E-state index is 0.0787. The second-order valence-electron chi connectivity index (χ2n) is 8.98. The zero-order chi connectivity index (χ0) is 21.5. The number of benzene rings is 1. The Bertz CT molecular complexity index is 987. The Labute approximate surface area is 175 Å². The van der Waals surface area contributed by atoms with Gasteiger partial charge in [-0.2, -0.15) is 5.10 Å². The Morgan fingerprint density at radius 1 is 1.23 bits per heavy atom. The van der Waals surface area contributed by atoms with Gasteiger partial charge < -0.3 is 10.2 Å². The Kier molecular flexibility index (Phi) is 5.09. The summed E-state index contributed by atoms with van der Waals surface area (Å²) in [6, 6.07) is 7.76. The van der Waals surface area contributed by atoms with Gasteiger partial charge in [0.15, 0.2) is 0 Å². The van der Waals surface area contributed by atoms with E-state index in [1.165, 1.54) is 10.5 Å². The monoisotopic (exact) mass is 409 g/mol. The van der Waals surface area contributed by atoms with Gasteiger partial charge in [-0.3, -0.25) is 14.9 Å². The van der Waals surface area contributed by atoms with Crippen LogP contribution >= 0.6 is 0 Å². The zero-order valence-electron chi connectivity index (χ0n) is 17.6. The minimum atomic E-state index is -0.522. The zero-order valence-corrected chi connectivity index (χ0v) is 17.6. The lowest BCUT2D eigenvalue weighted by molar-refractivity contribution is -0.122. The van der Waals surface area contributed by atoms with Crippen LogP contribution in [0.25, 0.3) is 5.69 Å². The molecule has 1 fully saturated rings. The fourth-order valence-corrected chi connectivity index (χ4v) is 4.06. The predicted molar refractivity (Wildman–Crippen MR) is 111 cm³/mol. The maximum absolute atomic E-state index is 12.5. The second kappa shape index (κ2) is 7.59. The van der Waals surface area contributed by atoms with Crippen molar-refractivity contribution in [3.63, 3.8) is 0 Å². The summed E-state index contributed by atoms with van der Waals surface area (Å²) in [7, 11) is 0. The van der Waals surface area contributed by atoms with Crippen LogP contribution in [0.2, 0.25) is 0 Å². The van der Waals surface area contributed by atoms with Crippen molar-refractivity contribution in [2.45, 2.75) is 51.5 Å². The Morgan fingerprint density at radius 3 is 2.60 bits per heavy atom. The van der Waals surface area contributed by atoms with E-state index in [-0.39, 0.29) is 36.4 Å².